The summed E-state index contributed by atoms with van der Waals surface area (Å²) in [6.07, 6.45) is 9.02. The summed E-state index contributed by atoms with van der Waals surface area (Å²) in [6.45, 7) is 6.82. The highest BCUT2D eigenvalue weighted by molar-refractivity contribution is 5.84. The van der Waals surface area contributed by atoms with Gasteiger partial charge in [-0.25, -0.2) is 4.99 Å². The van der Waals surface area contributed by atoms with Crippen LogP contribution in [0.15, 0.2) is 4.99 Å². The van der Waals surface area contributed by atoms with E-state index in [9.17, 15) is 4.79 Å². The number of guanidine groups is 1. The van der Waals surface area contributed by atoms with Crippen molar-refractivity contribution < 1.29 is 4.79 Å². The van der Waals surface area contributed by atoms with E-state index >= 15 is 0 Å². The molecule has 1 saturated carbocycles. The average Bonchev–Trinajstić information content (AvgIpc) is 3.48. The van der Waals surface area contributed by atoms with Crippen LogP contribution >= 0.6 is 0 Å². The van der Waals surface area contributed by atoms with Gasteiger partial charge in [0.05, 0.1) is 0 Å². The van der Waals surface area contributed by atoms with Crippen LogP contribution in [0.5, 0.6) is 0 Å². The Morgan fingerprint density at radius 2 is 2.00 bits per heavy atom. The third-order valence-corrected chi connectivity index (χ3v) is 6.10. The Kier molecular flexibility index (Phi) is 6.79. The Bertz CT molecular complexity index is 502. The lowest BCUT2D eigenvalue weighted by Crippen LogP contribution is -2.57. The van der Waals surface area contributed by atoms with Crippen LogP contribution in [0.3, 0.4) is 0 Å². The number of hydrogen-bond donors (Lipinski definition) is 1. The molecule has 6 nitrogen and oxygen atoms in total. The lowest BCUT2D eigenvalue weighted by molar-refractivity contribution is -0.127. The van der Waals surface area contributed by atoms with Gasteiger partial charge in [-0.05, 0) is 51.0 Å². The zero-order valence-electron chi connectivity index (χ0n) is 16.9. The number of unbranched alkanes of at least 4 members (excludes halogenated alkanes) is 1. The van der Waals surface area contributed by atoms with E-state index in [1.807, 2.05) is 0 Å². The molecule has 3 rings (SSSR count). The average molecular weight is 364 g/mol. The molecule has 0 aromatic heterocycles. The lowest BCUT2D eigenvalue weighted by atomic mass is 9.83. The third kappa shape index (κ3) is 4.90. The Morgan fingerprint density at radius 3 is 2.69 bits per heavy atom. The minimum Gasteiger partial charge on any atom is -0.356 e. The van der Waals surface area contributed by atoms with E-state index in [1.165, 1.54) is 38.6 Å². The van der Waals surface area contributed by atoms with Gasteiger partial charge in [0.1, 0.15) is 6.54 Å². The molecule has 0 aromatic carbocycles. The van der Waals surface area contributed by atoms with Gasteiger partial charge in [-0.3, -0.25) is 9.69 Å². The topological polar surface area (TPSA) is 51.2 Å². The molecule has 1 N–H and O–H groups in total. The number of likely N-dealkylation sites (tertiary alicyclic amines) is 2. The third-order valence-electron chi connectivity index (χ3n) is 6.10. The fourth-order valence-corrected chi connectivity index (χ4v) is 4.42. The number of piperidine rings is 2. The van der Waals surface area contributed by atoms with Crippen LogP contribution in [0.25, 0.3) is 0 Å². The van der Waals surface area contributed by atoms with Gasteiger partial charge in [-0.2, -0.15) is 0 Å². The first-order valence-corrected chi connectivity index (χ1v) is 10.6. The zero-order valence-corrected chi connectivity index (χ0v) is 16.9. The van der Waals surface area contributed by atoms with Crippen LogP contribution < -0.4 is 5.32 Å². The fourth-order valence-electron chi connectivity index (χ4n) is 4.42. The van der Waals surface area contributed by atoms with E-state index in [0.717, 1.165) is 56.4 Å². The van der Waals surface area contributed by atoms with Gasteiger partial charge in [-0.1, -0.05) is 13.3 Å². The first-order valence-electron chi connectivity index (χ1n) is 10.6. The largest absolute Gasteiger partial charge is 0.356 e. The summed E-state index contributed by atoms with van der Waals surface area (Å²) in [6, 6.07) is 1.65. The van der Waals surface area contributed by atoms with Crippen LogP contribution in [-0.2, 0) is 4.79 Å². The molecule has 2 saturated heterocycles. The highest BCUT2D eigenvalue weighted by Crippen LogP contribution is 2.38. The summed E-state index contributed by atoms with van der Waals surface area (Å²) in [5, 5.41) is 3.52. The highest BCUT2D eigenvalue weighted by atomic mass is 16.2. The first-order chi connectivity index (χ1) is 12.6. The van der Waals surface area contributed by atoms with Gasteiger partial charge < -0.3 is 15.1 Å². The van der Waals surface area contributed by atoms with E-state index in [1.54, 1.807) is 19.0 Å². The molecule has 0 bridgehead atoms. The van der Waals surface area contributed by atoms with Crippen LogP contribution in [-0.4, -0.2) is 85.5 Å². The second kappa shape index (κ2) is 9.07. The Labute approximate surface area is 159 Å². The van der Waals surface area contributed by atoms with Gasteiger partial charge in [-0.15, -0.1) is 0 Å². The molecule has 0 spiro atoms. The predicted octanol–water partition coefficient (Wildman–Crippen LogP) is 1.77. The molecule has 0 aromatic rings. The monoisotopic (exact) mass is 363 g/mol. The van der Waals surface area contributed by atoms with E-state index in [4.69, 9.17) is 0 Å². The molecule has 1 amide bonds. The summed E-state index contributed by atoms with van der Waals surface area (Å²) in [7, 11) is 3.59. The number of nitrogens with zero attached hydrogens (tertiary/aromatic N) is 4. The first kappa shape index (κ1) is 19.5. The molecule has 6 heteroatoms. The number of likely N-dealkylation sites (N-methyl/N-ethyl adjacent to an activating group) is 1. The minimum absolute atomic E-state index is 0.0623. The molecule has 148 valence electrons. The number of nitrogens with one attached hydrogen (secondary N) is 1. The minimum atomic E-state index is 0.0623. The molecule has 2 aliphatic heterocycles. The number of aliphatic imine (C=N–C) groups is 1. The van der Waals surface area contributed by atoms with E-state index in [2.05, 4.69) is 27.0 Å². The summed E-state index contributed by atoms with van der Waals surface area (Å²) in [5.41, 5.74) is 0. The summed E-state index contributed by atoms with van der Waals surface area (Å²) >= 11 is 0. The van der Waals surface area contributed by atoms with Crippen molar-refractivity contribution >= 4 is 11.9 Å². The molecule has 26 heavy (non-hydrogen) atoms. The van der Waals surface area contributed by atoms with Gasteiger partial charge in [0, 0.05) is 45.8 Å². The van der Waals surface area contributed by atoms with E-state index < -0.39 is 0 Å². The van der Waals surface area contributed by atoms with Gasteiger partial charge >= 0.3 is 0 Å². The number of rotatable bonds is 6. The van der Waals surface area contributed by atoms with Gasteiger partial charge in [0.15, 0.2) is 5.96 Å². The molecule has 3 aliphatic rings. The second-order valence-corrected chi connectivity index (χ2v) is 8.38. The van der Waals surface area contributed by atoms with Crippen molar-refractivity contribution in [2.75, 3.05) is 46.8 Å². The fraction of sp³-hybridized carbons (Fsp3) is 0.900. The van der Waals surface area contributed by atoms with Crippen LogP contribution in [0.2, 0.25) is 0 Å². The number of amides is 1. The van der Waals surface area contributed by atoms with Crippen molar-refractivity contribution in [2.45, 2.75) is 64.0 Å². The maximum atomic E-state index is 12.0. The maximum Gasteiger partial charge on any atom is 0.243 e. The van der Waals surface area contributed by atoms with Crippen LogP contribution in [0.1, 0.15) is 51.9 Å². The predicted molar refractivity (Wildman–Crippen MR) is 106 cm³/mol. The summed E-state index contributed by atoms with van der Waals surface area (Å²) < 4.78 is 0. The molecule has 3 fully saturated rings. The van der Waals surface area contributed by atoms with Gasteiger partial charge in [0.2, 0.25) is 5.91 Å². The summed E-state index contributed by atoms with van der Waals surface area (Å²) in [4.78, 5) is 23.5. The second-order valence-electron chi connectivity index (χ2n) is 8.38. The number of hydrogen-bond acceptors (Lipinski definition) is 3. The van der Waals surface area contributed by atoms with Crippen molar-refractivity contribution in [3.05, 3.63) is 0 Å². The number of fused-ring (bicyclic) bond motifs is 1. The van der Waals surface area contributed by atoms with Crippen molar-refractivity contribution in [2.24, 2.45) is 10.9 Å². The standard InChI is InChI=1S/C20H37N5O/c1-4-5-11-21-20(22-14-19(26)23(2)3)24-13-10-18-16(15-24)7-6-12-25(18)17-8-9-17/h16-18H,4-15H2,1-3H3,(H,21,22). The van der Waals surface area contributed by atoms with Gasteiger partial charge in [0.25, 0.3) is 0 Å². The van der Waals surface area contributed by atoms with Crippen molar-refractivity contribution in [1.29, 1.82) is 0 Å². The molecule has 0 radical (unpaired) electrons. The lowest BCUT2D eigenvalue weighted by Gasteiger charge is -2.48. The zero-order chi connectivity index (χ0) is 18.5. The summed E-state index contributed by atoms with van der Waals surface area (Å²) in [5.74, 6) is 1.75. The van der Waals surface area contributed by atoms with Crippen molar-refractivity contribution in [3.63, 3.8) is 0 Å². The number of carbonyl (C=O) groups excluding carboxylic acids is 1. The van der Waals surface area contributed by atoms with Crippen molar-refractivity contribution in [1.82, 2.24) is 20.0 Å². The SMILES string of the molecule is CCCCNC(=NCC(=O)N(C)C)N1CCC2C(CCCN2C2CC2)C1. The normalized spacial score (nSPS) is 27.2. The highest BCUT2D eigenvalue weighted by Gasteiger charge is 2.42. The molecule has 2 atom stereocenters. The van der Waals surface area contributed by atoms with E-state index in [0.29, 0.717) is 0 Å². The Morgan fingerprint density at radius 1 is 1.19 bits per heavy atom. The number of carbonyl (C=O) groups is 1. The molecule has 2 heterocycles. The smallest absolute Gasteiger partial charge is 0.243 e. The Balaban J connectivity index is 1.62. The van der Waals surface area contributed by atoms with Crippen LogP contribution in [0, 0.1) is 5.92 Å². The molecule has 2 unspecified atom stereocenters. The Hall–Kier alpha value is -1.30. The quantitative estimate of drug-likeness (QED) is 0.444. The van der Waals surface area contributed by atoms with E-state index in [-0.39, 0.29) is 12.5 Å². The van der Waals surface area contributed by atoms with Crippen molar-refractivity contribution in [3.8, 4) is 0 Å². The molecule has 1 aliphatic carbocycles. The van der Waals surface area contributed by atoms with Crippen LogP contribution in [0.4, 0.5) is 0 Å². The molecular weight excluding hydrogens is 326 g/mol. The maximum absolute atomic E-state index is 12.0. The molecular formula is C20H37N5O.